The zero-order valence-corrected chi connectivity index (χ0v) is 18.4. The Kier molecular flexibility index (Phi) is 5.91. The largest absolute Gasteiger partial charge is 0.404 e. The number of nitrogens with two attached hydrogens (primary N) is 2. The smallest absolute Gasteiger partial charge is 0.239 e. The molecule has 1 amide bonds. The molecule has 0 bridgehead atoms. The molecule has 2 aromatic carbocycles. The topological polar surface area (TPSA) is 139 Å². The van der Waals surface area contributed by atoms with Gasteiger partial charge < -0.3 is 16.4 Å². The van der Waals surface area contributed by atoms with Crippen LogP contribution in [0.1, 0.15) is 35.6 Å². The molecule has 1 aliphatic rings. The molecule has 0 aliphatic carbocycles. The number of aliphatic imine (C=N–C) groups is 1. The van der Waals surface area contributed by atoms with Crippen molar-refractivity contribution in [2.75, 3.05) is 18.0 Å². The maximum atomic E-state index is 11.1. The fourth-order valence-electron chi connectivity index (χ4n) is 3.97. The summed E-state index contributed by atoms with van der Waals surface area (Å²) in [6.45, 7) is 4.60. The highest BCUT2D eigenvalue weighted by molar-refractivity contribution is 6.10. The summed E-state index contributed by atoms with van der Waals surface area (Å²) in [6, 6.07) is 15.6. The Morgan fingerprint density at radius 2 is 2.00 bits per heavy atom. The lowest BCUT2D eigenvalue weighted by Gasteiger charge is -2.27. The fraction of sp³-hybridized carbons (Fsp3) is 0.208. The predicted octanol–water partition coefficient (Wildman–Crippen LogP) is 2.56. The van der Waals surface area contributed by atoms with Gasteiger partial charge in [-0.05, 0) is 48.9 Å². The van der Waals surface area contributed by atoms with Crippen molar-refractivity contribution in [3.05, 3.63) is 71.4 Å². The molecule has 9 heteroatoms. The highest BCUT2D eigenvalue weighted by Crippen LogP contribution is 2.39. The van der Waals surface area contributed by atoms with Crippen LogP contribution in [0, 0.1) is 18.3 Å². The minimum absolute atomic E-state index is 0.0966. The van der Waals surface area contributed by atoms with Gasteiger partial charge in [0.1, 0.15) is 18.2 Å². The van der Waals surface area contributed by atoms with Gasteiger partial charge >= 0.3 is 0 Å². The van der Waals surface area contributed by atoms with E-state index >= 15 is 0 Å². The van der Waals surface area contributed by atoms with Crippen LogP contribution in [0.3, 0.4) is 0 Å². The van der Waals surface area contributed by atoms with Crippen LogP contribution in [0.15, 0.2) is 53.7 Å². The lowest BCUT2D eigenvalue weighted by Crippen LogP contribution is -2.22. The molecule has 0 saturated carbocycles. The first-order valence-electron chi connectivity index (χ1n) is 10.5. The first-order valence-corrected chi connectivity index (χ1v) is 10.5. The molecule has 0 saturated heterocycles. The number of hydrogen-bond acceptors (Lipinski definition) is 7. The summed E-state index contributed by atoms with van der Waals surface area (Å²) in [7, 11) is 0. The van der Waals surface area contributed by atoms with E-state index in [2.05, 4.69) is 37.6 Å². The van der Waals surface area contributed by atoms with E-state index in [0.29, 0.717) is 17.7 Å². The number of carbonyl (C=O) groups excluding carboxylic acids is 1. The number of nitriles is 1. The van der Waals surface area contributed by atoms with Crippen molar-refractivity contribution in [3.8, 4) is 11.8 Å². The molecule has 0 fully saturated rings. The van der Waals surface area contributed by atoms with E-state index in [0.717, 1.165) is 34.3 Å². The van der Waals surface area contributed by atoms with E-state index < -0.39 is 5.91 Å². The number of nitrogens with zero attached hydrogens (tertiary/aromatic N) is 6. The van der Waals surface area contributed by atoms with Gasteiger partial charge in [0.15, 0.2) is 0 Å². The van der Waals surface area contributed by atoms with E-state index in [1.807, 2.05) is 49.4 Å². The molecule has 4 N–H and O–H groups in total. The third-order valence-electron chi connectivity index (χ3n) is 5.55. The number of fused-ring (bicyclic) bond motifs is 3. The van der Waals surface area contributed by atoms with E-state index in [1.165, 1.54) is 6.20 Å². The van der Waals surface area contributed by atoms with Crippen molar-refractivity contribution in [1.82, 2.24) is 14.8 Å². The Labute approximate surface area is 191 Å². The summed E-state index contributed by atoms with van der Waals surface area (Å²) in [4.78, 5) is 17.3. The van der Waals surface area contributed by atoms with Crippen LogP contribution < -0.4 is 16.4 Å². The SMILES string of the molecule is Cc1nnc2n1-c1ccc(C(C=NCC(N)=O)=CN)cc1N(c1ccc(C#N)cc1)C[C@H]2C. The van der Waals surface area contributed by atoms with E-state index in [1.54, 1.807) is 6.21 Å². The van der Waals surface area contributed by atoms with E-state index in [-0.39, 0.29) is 12.5 Å². The van der Waals surface area contributed by atoms with Gasteiger partial charge in [0.2, 0.25) is 5.91 Å². The maximum absolute atomic E-state index is 11.1. The normalized spacial score (nSPS) is 15.6. The van der Waals surface area contributed by atoms with Crippen LogP contribution in [-0.4, -0.2) is 40.0 Å². The Bertz CT molecular complexity index is 1300. The van der Waals surface area contributed by atoms with Crippen LogP contribution in [-0.2, 0) is 4.79 Å². The second kappa shape index (κ2) is 8.96. The molecule has 0 spiro atoms. The standard InChI is InChI=1S/C24H24N8O/c1-15-14-31(20-6-3-17(10-25)4-7-20)22-9-18(19(11-26)12-28-13-23(27)33)5-8-21(22)32-16(2)29-30-24(15)32/h3-9,11-12,15H,13-14,26H2,1-2H3,(H2,27,33)/t15-/m1/s1. The second-order valence-corrected chi connectivity index (χ2v) is 7.87. The Hall–Kier alpha value is -4.45. The molecule has 1 aromatic heterocycles. The molecular weight excluding hydrogens is 416 g/mol. The van der Waals surface area contributed by atoms with Gasteiger partial charge in [-0.2, -0.15) is 5.26 Å². The maximum Gasteiger partial charge on any atom is 0.239 e. The van der Waals surface area contributed by atoms with Crippen molar-refractivity contribution in [2.45, 2.75) is 19.8 Å². The highest BCUT2D eigenvalue weighted by Gasteiger charge is 2.28. The number of anilines is 2. The lowest BCUT2D eigenvalue weighted by molar-refractivity contribution is -0.116. The van der Waals surface area contributed by atoms with Gasteiger partial charge in [-0.15, -0.1) is 10.2 Å². The van der Waals surface area contributed by atoms with Gasteiger partial charge in [0.05, 0.1) is 23.0 Å². The minimum atomic E-state index is -0.513. The van der Waals surface area contributed by atoms with Crippen molar-refractivity contribution in [1.29, 1.82) is 5.26 Å². The first-order chi connectivity index (χ1) is 15.9. The van der Waals surface area contributed by atoms with Crippen molar-refractivity contribution in [3.63, 3.8) is 0 Å². The molecule has 33 heavy (non-hydrogen) atoms. The van der Waals surface area contributed by atoms with Crippen LogP contribution in [0.2, 0.25) is 0 Å². The molecule has 9 nitrogen and oxygen atoms in total. The molecule has 166 valence electrons. The monoisotopic (exact) mass is 440 g/mol. The van der Waals surface area contributed by atoms with Crippen LogP contribution in [0.25, 0.3) is 11.3 Å². The third-order valence-corrected chi connectivity index (χ3v) is 5.55. The van der Waals surface area contributed by atoms with Crippen LogP contribution in [0.4, 0.5) is 11.4 Å². The zero-order chi connectivity index (χ0) is 23.5. The van der Waals surface area contributed by atoms with Gasteiger partial charge in [-0.1, -0.05) is 13.0 Å². The van der Waals surface area contributed by atoms with Gasteiger partial charge in [-0.3, -0.25) is 14.4 Å². The molecule has 2 heterocycles. The van der Waals surface area contributed by atoms with E-state index in [9.17, 15) is 10.1 Å². The molecular formula is C24H24N8O. The Morgan fingerprint density at radius 3 is 2.67 bits per heavy atom. The number of benzene rings is 2. The van der Waals surface area contributed by atoms with Gasteiger partial charge in [0.25, 0.3) is 0 Å². The van der Waals surface area contributed by atoms with Crippen LogP contribution in [0.5, 0.6) is 0 Å². The summed E-state index contributed by atoms with van der Waals surface area (Å²) >= 11 is 0. The zero-order valence-electron chi connectivity index (χ0n) is 18.4. The summed E-state index contributed by atoms with van der Waals surface area (Å²) in [5, 5.41) is 17.9. The highest BCUT2D eigenvalue weighted by atomic mass is 16.1. The summed E-state index contributed by atoms with van der Waals surface area (Å²) in [6.07, 6.45) is 3.00. The number of carbonyl (C=O) groups is 1. The number of allylic oxidation sites excluding steroid dienone is 1. The Balaban J connectivity index is 1.87. The summed E-state index contributed by atoms with van der Waals surface area (Å²) in [5.41, 5.74) is 16.0. The van der Waals surface area contributed by atoms with Gasteiger partial charge in [0, 0.05) is 36.1 Å². The fourth-order valence-corrected chi connectivity index (χ4v) is 3.97. The number of rotatable bonds is 5. The summed E-state index contributed by atoms with van der Waals surface area (Å²) < 4.78 is 2.07. The average molecular weight is 441 g/mol. The molecule has 0 radical (unpaired) electrons. The summed E-state index contributed by atoms with van der Waals surface area (Å²) in [5.74, 6) is 1.26. The quantitative estimate of drug-likeness (QED) is 0.585. The Morgan fingerprint density at radius 1 is 1.24 bits per heavy atom. The first kappa shape index (κ1) is 21.8. The van der Waals surface area contributed by atoms with Gasteiger partial charge in [-0.25, -0.2) is 0 Å². The number of primary amides is 1. The molecule has 0 unspecified atom stereocenters. The number of hydrogen-bond donors (Lipinski definition) is 2. The third kappa shape index (κ3) is 4.19. The van der Waals surface area contributed by atoms with Crippen molar-refractivity contribution < 1.29 is 4.79 Å². The molecule has 1 atom stereocenters. The minimum Gasteiger partial charge on any atom is -0.404 e. The average Bonchev–Trinajstić information content (AvgIpc) is 3.15. The van der Waals surface area contributed by atoms with Crippen LogP contribution >= 0.6 is 0 Å². The number of aryl methyl sites for hydroxylation is 1. The lowest BCUT2D eigenvalue weighted by atomic mass is 10.0. The number of aromatic nitrogens is 3. The van der Waals surface area contributed by atoms with Crippen molar-refractivity contribution in [2.24, 2.45) is 16.5 Å². The molecule has 1 aliphatic heterocycles. The second-order valence-electron chi connectivity index (χ2n) is 7.87. The molecule has 4 rings (SSSR count). The predicted molar refractivity (Wildman–Crippen MR) is 127 cm³/mol. The van der Waals surface area contributed by atoms with E-state index in [4.69, 9.17) is 11.5 Å². The number of amides is 1. The van der Waals surface area contributed by atoms with Crippen molar-refractivity contribution >= 4 is 29.1 Å². The molecule has 3 aromatic rings.